The summed E-state index contributed by atoms with van der Waals surface area (Å²) in [5.74, 6) is -0.215. The van der Waals surface area contributed by atoms with Crippen molar-refractivity contribution < 1.29 is 13.2 Å². The molecule has 1 atom stereocenters. The molecule has 1 aromatic carbocycles. The third-order valence-corrected chi connectivity index (χ3v) is 2.43. The van der Waals surface area contributed by atoms with Crippen LogP contribution >= 0.6 is 0 Å². The van der Waals surface area contributed by atoms with Crippen molar-refractivity contribution in [2.45, 2.75) is 18.5 Å². The SMILES string of the molecule is N#CC1Cc2cc(C(F)(F)F)ccc21. The van der Waals surface area contributed by atoms with Gasteiger partial charge in [-0.15, -0.1) is 0 Å². The van der Waals surface area contributed by atoms with E-state index in [0.29, 0.717) is 12.0 Å². The molecule has 0 fully saturated rings. The predicted octanol–water partition coefficient (Wildman–Crippen LogP) is 2.87. The maximum atomic E-state index is 12.2. The van der Waals surface area contributed by atoms with E-state index in [0.717, 1.165) is 17.7 Å². The molecule has 0 heterocycles. The van der Waals surface area contributed by atoms with Crippen LogP contribution in [0.15, 0.2) is 18.2 Å². The van der Waals surface area contributed by atoms with Crippen molar-refractivity contribution in [3.8, 4) is 6.07 Å². The Labute approximate surface area is 78.8 Å². The van der Waals surface area contributed by atoms with Crippen molar-refractivity contribution in [1.29, 1.82) is 5.26 Å². The van der Waals surface area contributed by atoms with E-state index in [1.54, 1.807) is 0 Å². The minimum absolute atomic E-state index is 0.215. The van der Waals surface area contributed by atoms with Gasteiger partial charge in [0, 0.05) is 0 Å². The molecule has 0 spiro atoms. The molecule has 1 aliphatic rings. The Kier molecular flexibility index (Phi) is 1.78. The van der Waals surface area contributed by atoms with Crippen LogP contribution in [0.2, 0.25) is 0 Å². The van der Waals surface area contributed by atoms with Crippen LogP contribution in [-0.2, 0) is 12.6 Å². The highest BCUT2D eigenvalue weighted by Gasteiger charge is 2.34. The van der Waals surface area contributed by atoms with Crippen molar-refractivity contribution in [2.24, 2.45) is 0 Å². The molecule has 0 radical (unpaired) electrons. The zero-order valence-corrected chi connectivity index (χ0v) is 7.10. The first-order valence-electron chi connectivity index (χ1n) is 4.12. The second kappa shape index (κ2) is 2.74. The molecule has 0 saturated carbocycles. The molecule has 14 heavy (non-hydrogen) atoms. The van der Waals surface area contributed by atoms with Gasteiger partial charge in [0.05, 0.1) is 17.6 Å². The maximum Gasteiger partial charge on any atom is 0.416 e. The minimum Gasteiger partial charge on any atom is -0.198 e. The number of alkyl halides is 3. The summed E-state index contributed by atoms with van der Waals surface area (Å²) in [7, 11) is 0. The van der Waals surface area contributed by atoms with Crippen LogP contribution in [0.3, 0.4) is 0 Å². The van der Waals surface area contributed by atoms with Crippen LogP contribution in [0.1, 0.15) is 22.6 Å². The molecular weight excluding hydrogens is 191 g/mol. The van der Waals surface area contributed by atoms with E-state index in [1.807, 2.05) is 6.07 Å². The van der Waals surface area contributed by atoms with Gasteiger partial charge in [0.15, 0.2) is 0 Å². The molecule has 0 saturated heterocycles. The number of nitriles is 1. The maximum absolute atomic E-state index is 12.2. The first-order chi connectivity index (χ1) is 6.52. The predicted molar refractivity (Wildman–Crippen MR) is 43.5 cm³/mol. The summed E-state index contributed by atoms with van der Waals surface area (Å²) < 4.78 is 36.7. The van der Waals surface area contributed by atoms with E-state index in [4.69, 9.17) is 5.26 Å². The van der Waals surface area contributed by atoms with E-state index >= 15 is 0 Å². The van der Waals surface area contributed by atoms with Crippen molar-refractivity contribution in [3.63, 3.8) is 0 Å². The molecule has 0 N–H and O–H groups in total. The number of halogens is 3. The van der Waals surface area contributed by atoms with Crippen molar-refractivity contribution in [1.82, 2.24) is 0 Å². The molecule has 0 amide bonds. The van der Waals surface area contributed by atoms with Crippen LogP contribution in [0.25, 0.3) is 0 Å². The number of hydrogen-bond donors (Lipinski definition) is 0. The lowest BCUT2D eigenvalue weighted by Crippen LogP contribution is -2.17. The third-order valence-electron chi connectivity index (χ3n) is 2.43. The van der Waals surface area contributed by atoms with Gasteiger partial charge in [-0.1, -0.05) is 6.07 Å². The van der Waals surface area contributed by atoms with E-state index in [9.17, 15) is 13.2 Å². The van der Waals surface area contributed by atoms with Gasteiger partial charge in [-0.25, -0.2) is 0 Å². The normalized spacial score (nSPS) is 19.4. The van der Waals surface area contributed by atoms with Gasteiger partial charge in [0.1, 0.15) is 0 Å². The first-order valence-corrected chi connectivity index (χ1v) is 4.12. The smallest absolute Gasteiger partial charge is 0.198 e. The lowest BCUT2D eigenvalue weighted by atomic mass is 9.78. The zero-order chi connectivity index (χ0) is 10.3. The molecule has 1 aromatic rings. The number of rotatable bonds is 0. The molecule has 0 bridgehead atoms. The summed E-state index contributed by atoms with van der Waals surface area (Å²) in [5.41, 5.74) is 0.750. The number of nitrogens with zero attached hydrogens (tertiary/aromatic N) is 1. The van der Waals surface area contributed by atoms with E-state index in [1.165, 1.54) is 6.07 Å². The molecule has 72 valence electrons. The minimum atomic E-state index is -4.28. The molecule has 1 nitrogen and oxygen atoms in total. The fraction of sp³-hybridized carbons (Fsp3) is 0.300. The second-order valence-electron chi connectivity index (χ2n) is 3.30. The van der Waals surface area contributed by atoms with Crippen LogP contribution < -0.4 is 0 Å². The van der Waals surface area contributed by atoms with Crippen LogP contribution in [-0.4, -0.2) is 0 Å². The number of hydrogen-bond acceptors (Lipinski definition) is 1. The monoisotopic (exact) mass is 197 g/mol. The third kappa shape index (κ3) is 1.25. The Morgan fingerprint density at radius 2 is 2.07 bits per heavy atom. The number of fused-ring (bicyclic) bond motifs is 1. The average molecular weight is 197 g/mol. The molecule has 4 heteroatoms. The highest BCUT2D eigenvalue weighted by atomic mass is 19.4. The Bertz CT molecular complexity index is 414. The summed E-state index contributed by atoms with van der Waals surface area (Å²) in [6, 6.07) is 5.59. The molecular formula is C10H6F3N. The van der Waals surface area contributed by atoms with Gasteiger partial charge in [0.25, 0.3) is 0 Å². The van der Waals surface area contributed by atoms with E-state index in [2.05, 4.69) is 0 Å². The molecule has 1 unspecified atom stereocenters. The van der Waals surface area contributed by atoms with Gasteiger partial charge >= 0.3 is 6.18 Å². The second-order valence-corrected chi connectivity index (χ2v) is 3.30. The van der Waals surface area contributed by atoms with Crippen LogP contribution in [0.5, 0.6) is 0 Å². The largest absolute Gasteiger partial charge is 0.416 e. The number of benzene rings is 1. The lowest BCUT2D eigenvalue weighted by Gasteiger charge is -2.25. The highest BCUT2D eigenvalue weighted by Crippen LogP contribution is 2.38. The average Bonchev–Trinajstić information content (AvgIpc) is 2.05. The molecule has 2 rings (SSSR count). The summed E-state index contributed by atoms with van der Waals surface area (Å²) >= 11 is 0. The summed E-state index contributed by atoms with van der Waals surface area (Å²) in [5, 5.41) is 8.59. The van der Waals surface area contributed by atoms with E-state index < -0.39 is 11.7 Å². The quantitative estimate of drug-likeness (QED) is 0.627. The first kappa shape index (κ1) is 9.07. The fourth-order valence-electron chi connectivity index (χ4n) is 1.61. The Balaban J connectivity index is 2.37. The molecule has 0 aromatic heterocycles. The molecule has 1 aliphatic carbocycles. The zero-order valence-electron chi connectivity index (χ0n) is 7.10. The van der Waals surface area contributed by atoms with Crippen molar-refractivity contribution in [3.05, 3.63) is 34.9 Å². The summed E-state index contributed by atoms with van der Waals surface area (Å²) in [6.45, 7) is 0. The standard InChI is InChI=1S/C10H6F3N/c11-10(12,13)8-1-2-9-6(4-8)3-7(9)5-14/h1-2,4,7H,3H2. The van der Waals surface area contributed by atoms with Gasteiger partial charge in [-0.2, -0.15) is 18.4 Å². The molecule has 0 aliphatic heterocycles. The lowest BCUT2D eigenvalue weighted by molar-refractivity contribution is -0.137. The Morgan fingerprint density at radius 3 is 2.57 bits per heavy atom. The fourth-order valence-corrected chi connectivity index (χ4v) is 1.61. The Hall–Kier alpha value is -1.50. The van der Waals surface area contributed by atoms with Gasteiger partial charge < -0.3 is 0 Å². The van der Waals surface area contributed by atoms with Crippen molar-refractivity contribution in [2.75, 3.05) is 0 Å². The summed E-state index contributed by atoms with van der Waals surface area (Å²) in [4.78, 5) is 0. The summed E-state index contributed by atoms with van der Waals surface area (Å²) in [6.07, 6.45) is -3.84. The van der Waals surface area contributed by atoms with Crippen LogP contribution in [0.4, 0.5) is 13.2 Å². The highest BCUT2D eigenvalue weighted by molar-refractivity contribution is 5.46. The van der Waals surface area contributed by atoms with Gasteiger partial charge in [-0.05, 0) is 29.7 Å². The van der Waals surface area contributed by atoms with Gasteiger partial charge in [0.2, 0.25) is 0 Å². The topological polar surface area (TPSA) is 23.8 Å². The van der Waals surface area contributed by atoms with Crippen LogP contribution in [0, 0.1) is 11.3 Å². The van der Waals surface area contributed by atoms with Gasteiger partial charge in [-0.3, -0.25) is 0 Å². The van der Waals surface area contributed by atoms with E-state index in [-0.39, 0.29) is 5.92 Å². The Morgan fingerprint density at radius 1 is 1.36 bits per heavy atom. The van der Waals surface area contributed by atoms with Crippen molar-refractivity contribution >= 4 is 0 Å².